The van der Waals surface area contributed by atoms with Crippen LogP contribution >= 0.6 is 0 Å². The maximum atomic E-state index is 12.8. The van der Waals surface area contributed by atoms with Gasteiger partial charge < -0.3 is 15.0 Å². The lowest BCUT2D eigenvalue weighted by Crippen LogP contribution is -2.39. The van der Waals surface area contributed by atoms with Crippen LogP contribution in [-0.4, -0.2) is 43.6 Å². The van der Waals surface area contributed by atoms with Crippen molar-refractivity contribution in [2.45, 2.75) is 19.9 Å². The van der Waals surface area contributed by atoms with Crippen molar-refractivity contribution >= 4 is 17.6 Å². The Hall–Kier alpha value is -3.02. The largest absolute Gasteiger partial charge is 0.497 e. The molecule has 6 heteroatoms. The molecule has 27 heavy (non-hydrogen) atoms. The molecule has 0 aliphatic carbocycles. The van der Waals surface area contributed by atoms with Gasteiger partial charge in [0, 0.05) is 25.3 Å². The van der Waals surface area contributed by atoms with E-state index in [1.165, 1.54) is 10.5 Å². The Morgan fingerprint density at radius 2 is 1.89 bits per heavy atom. The number of benzene rings is 2. The molecule has 0 bridgehead atoms. The number of hydrogen-bond donors (Lipinski definition) is 1. The number of amides is 3. The summed E-state index contributed by atoms with van der Waals surface area (Å²) in [5, 5.41) is 2.78. The van der Waals surface area contributed by atoms with Crippen molar-refractivity contribution in [3.63, 3.8) is 0 Å². The molecule has 3 rings (SSSR count). The Bertz CT molecular complexity index is 820. The summed E-state index contributed by atoms with van der Waals surface area (Å²) in [5.74, 6) is 0.495. The summed E-state index contributed by atoms with van der Waals surface area (Å²) in [7, 11) is 1.59. The number of imide groups is 1. The van der Waals surface area contributed by atoms with Crippen molar-refractivity contribution in [3.8, 4) is 5.75 Å². The smallest absolute Gasteiger partial charge is 0.325 e. The maximum absolute atomic E-state index is 12.8. The number of urea groups is 1. The fraction of sp³-hybridized carbons (Fsp3) is 0.333. The van der Waals surface area contributed by atoms with Crippen molar-refractivity contribution in [1.82, 2.24) is 10.2 Å². The first-order valence-corrected chi connectivity index (χ1v) is 9.11. The molecule has 1 aliphatic heterocycles. The van der Waals surface area contributed by atoms with E-state index < -0.39 is 6.04 Å². The molecule has 1 aliphatic rings. The van der Waals surface area contributed by atoms with Crippen LogP contribution in [-0.2, 0) is 4.79 Å². The van der Waals surface area contributed by atoms with E-state index in [1.54, 1.807) is 31.4 Å². The van der Waals surface area contributed by atoms with E-state index in [1.807, 2.05) is 25.1 Å². The number of methoxy groups -OCH3 is 1. The number of ether oxygens (including phenoxy) is 1. The molecular weight excluding hydrogens is 342 g/mol. The molecular formula is C21H25N3O3. The van der Waals surface area contributed by atoms with E-state index in [2.05, 4.69) is 23.2 Å². The van der Waals surface area contributed by atoms with Gasteiger partial charge in [-0.1, -0.05) is 24.3 Å². The molecule has 6 nitrogen and oxygen atoms in total. The van der Waals surface area contributed by atoms with E-state index >= 15 is 0 Å². The first-order chi connectivity index (χ1) is 13.0. The molecule has 1 saturated heterocycles. The lowest BCUT2D eigenvalue weighted by Gasteiger charge is -2.25. The highest BCUT2D eigenvalue weighted by molar-refractivity contribution is 6.04. The summed E-state index contributed by atoms with van der Waals surface area (Å²) in [6.07, 6.45) is 0. The number of rotatable bonds is 7. The first kappa shape index (κ1) is 18.8. The molecule has 1 N–H and O–H groups in total. The quantitative estimate of drug-likeness (QED) is 0.764. The fourth-order valence-corrected chi connectivity index (χ4v) is 3.27. The number of nitrogens with zero attached hydrogens (tertiary/aromatic N) is 2. The summed E-state index contributed by atoms with van der Waals surface area (Å²) in [4.78, 5) is 28.5. The van der Waals surface area contributed by atoms with E-state index in [-0.39, 0.29) is 11.9 Å². The SMILES string of the molecule is CCN(CCN1C(=O)NC(c2ccc(OC)cc2)C1=O)c1cccc(C)c1. The van der Waals surface area contributed by atoms with Crippen LogP contribution in [0.5, 0.6) is 5.75 Å². The third-order valence-corrected chi connectivity index (χ3v) is 4.82. The van der Waals surface area contributed by atoms with Crippen molar-refractivity contribution in [3.05, 3.63) is 59.7 Å². The van der Waals surface area contributed by atoms with E-state index in [0.29, 0.717) is 18.8 Å². The molecule has 0 saturated carbocycles. The monoisotopic (exact) mass is 367 g/mol. The van der Waals surface area contributed by atoms with Gasteiger partial charge in [-0.2, -0.15) is 0 Å². The lowest BCUT2D eigenvalue weighted by atomic mass is 10.1. The predicted molar refractivity (Wildman–Crippen MR) is 105 cm³/mol. The van der Waals surface area contributed by atoms with Gasteiger partial charge in [0.1, 0.15) is 11.8 Å². The standard InChI is InChI=1S/C21H25N3O3/c1-4-23(17-7-5-6-15(2)14-17)12-13-24-20(25)19(22-21(24)26)16-8-10-18(27-3)11-9-16/h5-11,14,19H,4,12-13H2,1-3H3,(H,22,26). The van der Waals surface area contributed by atoms with Gasteiger partial charge in [0.25, 0.3) is 5.91 Å². The minimum atomic E-state index is -0.641. The number of carbonyl (C=O) groups excluding carboxylic acids is 2. The molecule has 1 unspecified atom stereocenters. The molecule has 0 radical (unpaired) electrons. The van der Waals surface area contributed by atoms with Gasteiger partial charge in [-0.15, -0.1) is 0 Å². The molecule has 1 heterocycles. The molecule has 0 aromatic heterocycles. The molecule has 2 aromatic carbocycles. The fourth-order valence-electron chi connectivity index (χ4n) is 3.27. The number of nitrogens with one attached hydrogen (secondary N) is 1. The summed E-state index contributed by atoms with van der Waals surface area (Å²) < 4.78 is 5.14. The Morgan fingerprint density at radius 1 is 1.15 bits per heavy atom. The normalized spacial score (nSPS) is 16.4. The lowest BCUT2D eigenvalue weighted by molar-refractivity contribution is -0.127. The number of anilines is 1. The van der Waals surface area contributed by atoms with Gasteiger partial charge in [0.05, 0.1) is 7.11 Å². The van der Waals surface area contributed by atoms with Crippen LogP contribution in [0.1, 0.15) is 24.1 Å². The zero-order valence-corrected chi connectivity index (χ0v) is 15.9. The van der Waals surface area contributed by atoms with Gasteiger partial charge in [-0.3, -0.25) is 9.69 Å². The maximum Gasteiger partial charge on any atom is 0.325 e. The molecule has 2 aromatic rings. The average molecular weight is 367 g/mol. The predicted octanol–water partition coefficient (Wildman–Crippen LogP) is 3.12. The van der Waals surface area contributed by atoms with Crippen LogP contribution in [0.25, 0.3) is 0 Å². The molecule has 1 fully saturated rings. The number of aryl methyl sites for hydroxylation is 1. The molecule has 0 spiro atoms. The Labute approximate surface area is 159 Å². The number of hydrogen-bond acceptors (Lipinski definition) is 4. The third-order valence-electron chi connectivity index (χ3n) is 4.82. The van der Waals surface area contributed by atoms with Crippen LogP contribution < -0.4 is 15.0 Å². The first-order valence-electron chi connectivity index (χ1n) is 9.11. The Kier molecular flexibility index (Phi) is 5.64. The van der Waals surface area contributed by atoms with Crippen molar-refractivity contribution in [2.75, 3.05) is 31.6 Å². The van der Waals surface area contributed by atoms with Gasteiger partial charge in [0.15, 0.2) is 0 Å². The second-order valence-corrected chi connectivity index (χ2v) is 6.56. The van der Waals surface area contributed by atoms with Crippen LogP contribution in [0.2, 0.25) is 0 Å². The van der Waals surface area contributed by atoms with Crippen LogP contribution in [0.15, 0.2) is 48.5 Å². The molecule has 3 amide bonds. The van der Waals surface area contributed by atoms with E-state index in [4.69, 9.17) is 4.74 Å². The van der Waals surface area contributed by atoms with Crippen molar-refractivity contribution in [1.29, 1.82) is 0 Å². The second-order valence-electron chi connectivity index (χ2n) is 6.56. The van der Waals surface area contributed by atoms with Gasteiger partial charge >= 0.3 is 6.03 Å². The molecule has 1 atom stereocenters. The van der Waals surface area contributed by atoms with Gasteiger partial charge in [-0.25, -0.2) is 4.79 Å². The topological polar surface area (TPSA) is 61.9 Å². The zero-order valence-electron chi connectivity index (χ0n) is 15.9. The van der Waals surface area contributed by atoms with Crippen LogP contribution in [0.4, 0.5) is 10.5 Å². The highest BCUT2D eigenvalue weighted by Gasteiger charge is 2.38. The molecule has 142 valence electrons. The van der Waals surface area contributed by atoms with Gasteiger partial charge in [-0.05, 0) is 49.2 Å². The zero-order chi connectivity index (χ0) is 19.4. The average Bonchev–Trinajstić information content (AvgIpc) is 2.96. The highest BCUT2D eigenvalue weighted by atomic mass is 16.5. The highest BCUT2D eigenvalue weighted by Crippen LogP contribution is 2.24. The Balaban J connectivity index is 1.67. The summed E-state index contributed by atoms with van der Waals surface area (Å²) in [6.45, 7) is 5.85. The van der Waals surface area contributed by atoms with Crippen LogP contribution in [0.3, 0.4) is 0 Å². The van der Waals surface area contributed by atoms with Gasteiger partial charge in [0.2, 0.25) is 0 Å². The summed E-state index contributed by atoms with van der Waals surface area (Å²) >= 11 is 0. The van der Waals surface area contributed by atoms with Crippen molar-refractivity contribution in [2.24, 2.45) is 0 Å². The second kappa shape index (κ2) is 8.12. The number of carbonyl (C=O) groups is 2. The minimum Gasteiger partial charge on any atom is -0.497 e. The third kappa shape index (κ3) is 4.05. The summed E-state index contributed by atoms with van der Waals surface area (Å²) in [5.41, 5.74) is 3.03. The Morgan fingerprint density at radius 3 is 2.52 bits per heavy atom. The number of likely N-dealkylation sites (N-methyl/N-ethyl adjacent to an activating group) is 1. The van der Waals surface area contributed by atoms with E-state index in [0.717, 1.165) is 17.8 Å². The van der Waals surface area contributed by atoms with Crippen molar-refractivity contribution < 1.29 is 14.3 Å². The van der Waals surface area contributed by atoms with Crippen LogP contribution in [0, 0.1) is 6.92 Å². The summed E-state index contributed by atoms with van der Waals surface area (Å²) in [6, 6.07) is 14.4. The minimum absolute atomic E-state index is 0.217. The van der Waals surface area contributed by atoms with E-state index in [9.17, 15) is 9.59 Å².